The number of benzene rings is 1. The molecule has 7 heteroatoms. The summed E-state index contributed by atoms with van der Waals surface area (Å²) in [6, 6.07) is 7.40. The van der Waals surface area contributed by atoms with Crippen molar-refractivity contribution in [1.82, 2.24) is 10.2 Å². The second kappa shape index (κ2) is 7.59. The first-order valence-corrected chi connectivity index (χ1v) is 9.47. The molecule has 0 saturated carbocycles. The van der Waals surface area contributed by atoms with Gasteiger partial charge in [-0.3, -0.25) is 4.79 Å². The second-order valence-corrected chi connectivity index (χ2v) is 7.40. The smallest absolute Gasteiger partial charge is 0.289 e. The lowest BCUT2D eigenvalue weighted by Crippen LogP contribution is -2.40. The molecular formula is C20H26N2O5. The molecule has 27 heavy (non-hydrogen) atoms. The van der Waals surface area contributed by atoms with Crippen LogP contribution >= 0.6 is 0 Å². The van der Waals surface area contributed by atoms with E-state index in [1.165, 1.54) is 0 Å². The van der Waals surface area contributed by atoms with Crippen molar-refractivity contribution < 1.29 is 23.8 Å². The van der Waals surface area contributed by atoms with Gasteiger partial charge in [-0.05, 0) is 49.7 Å². The lowest BCUT2D eigenvalue weighted by atomic mass is 9.85. The number of fused-ring (bicyclic) bond motifs is 1. The Morgan fingerprint density at radius 3 is 2.85 bits per heavy atom. The van der Waals surface area contributed by atoms with Crippen LogP contribution in [-0.2, 0) is 15.1 Å². The van der Waals surface area contributed by atoms with Gasteiger partial charge >= 0.3 is 0 Å². The Morgan fingerprint density at radius 1 is 1.30 bits per heavy atom. The fraction of sp³-hybridized carbons (Fsp3) is 0.550. The van der Waals surface area contributed by atoms with Crippen molar-refractivity contribution in [3.05, 3.63) is 35.6 Å². The van der Waals surface area contributed by atoms with E-state index in [1.54, 1.807) is 18.0 Å². The average Bonchev–Trinajstić information content (AvgIpc) is 3.12. The molecule has 0 aliphatic carbocycles. The third-order valence-electron chi connectivity index (χ3n) is 5.40. The van der Waals surface area contributed by atoms with Gasteiger partial charge < -0.3 is 29.2 Å². The summed E-state index contributed by atoms with van der Waals surface area (Å²) in [5.41, 5.74) is 0.693. The first-order chi connectivity index (χ1) is 13.0. The number of rotatable bonds is 4. The van der Waals surface area contributed by atoms with Crippen LogP contribution in [0.5, 0.6) is 0 Å². The number of ether oxygens (including phenoxy) is 2. The molecule has 2 aliphatic heterocycles. The van der Waals surface area contributed by atoms with Gasteiger partial charge in [0.15, 0.2) is 5.76 Å². The quantitative estimate of drug-likeness (QED) is 0.844. The Hall–Kier alpha value is -1.93. The van der Waals surface area contributed by atoms with Gasteiger partial charge in [0.2, 0.25) is 0 Å². The van der Waals surface area contributed by atoms with Gasteiger partial charge in [-0.2, -0.15) is 0 Å². The lowest BCUT2D eigenvalue weighted by Gasteiger charge is -2.33. The molecular weight excluding hydrogens is 348 g/mol. The number of hydrogen-bond acceptors (Lipinski definition) is 6. The van der Waals surface area contributed by atoms with E-state index in [1.807, 2.05) is 18.2 Å². The van der Waals surface area contributed by atoms with Gasteiger partial charge in [-0.25, -0.2) is 0 Å². The standard InChI is InChI=1S/C20H26N2O5/c1-22(12-16-13-25-8-9-26-16)19(23)18-11-14-10-15(2-3-17(14)27-18)20(24)4-6-21-7-5-20/h2-3,10-11,16,21,24H,4-9,12-13H2,1H3. The fourth-order valence-corrected chi connectivity index (χ4v) is 3.79. The van der Waals surface area contributed by atoms with Gasteiger partial charge in [0.25, 0.3) is 5.91 Å². The molecule has 0 spiro atoms. The van der Waals surface area contributed by atoms with Gasteiger partial charge in [0, 0.05) is 19.0 Å². The normalized spacial score (nSPS) is 22.7. The summed E-state index contributed by atoms with van der Waals surface area (Å²) in [6.45, 7) is 3.69. The van der Waals surface area contributed by atoms with Crippen LogP contribution in [0.2, 0.25) is 0 Å². The summed E-state index contributed by atoms with van der Waals surface area (Å²) in [4.78, 5) is 14.3. The highest BCUT2D eigenvalue weighted by Crippen LogP contribution is 2.33. The molecule has 2 fully saturated rings. The zero-order valence-electron chi connectivity index (χ0n) is 15.6. The van der Waals surface area contributed by atoms with Crippen molar-refractivity contribution in [3.8, 4) is 0 Å². The van der Waals surface area contributed by atoms with Crippen molar-refractivity contribution in [2.45, 2.75) is 24.5 Å². The van der Waals surface area contributed by atoms with Crippen LogP contribution in [0.1, 0.15) is 29.0 Å². The molecule has 1 aromatic carbocycles. The second-order valence-electron chi connectivity index (χ2n) is 7.40. The summed E-state index contributed by atoms with van der Waals surface area (Å²) in [7, 11) is 1.73. The molecule has 2 aromatic rings. The summed E-state index contributed by atoms with van der Waals surface area (Å²) in [5, 5.41) is 15.0. The van der Waals surface area contributed by atoms with Crippen LogP contribution in [0, 0.1) is 0 Å². The third-order valence-corrected chi connectivity index (χ3v) is 5.40. The van der Waals surface area contributed by atoms with E-state index in [9.17, 15) is 9.90 Å². The highest BCUT2D eigenvalue weighted by atomic mass is 16.6. The van der Waals surface area contributed by atoms with Crippen LogP contribution in [-0.4, -0.2) is 68.5 Å². The van der Waals surface area contributed by atoms with Crippen LogP contribution < -0.4 is 5.32 Å². The first-order valence-electron chi connectivity index (χ1n) is 9.47. The van der Waals surface area contributed by atoms with Crippen molar-refractivity contribution in [2.75, 3.05) is 46.5 Å². The molecule has 2 saturated heterocycles. The van der Waals surface area contributed by atoms with Crippen molar-refractivity contribution in [3.63, 3.8) is 0 Å². The SMILES string of the molecule is CN(CC1COCCO1)C(=O)c1cc2cc(C3(O)CCNCC3)ccc2o1. The molecule has 0 bridgehead atoms. The molecule has 0 radical (unpaired) electrons. The minimum atomic E-state index is -0.823. The van der Waals surface area contributed by atoms with Crippen LogP contribution in [0.3, 0.4) is 0 Å². The molecule has 1 unspecified atom stereocenters. The van der Waals surface area contributed by atoms with Gasteiger partial charge in [-0.15, -0.1) is 0 Å². The van der Waals surface area contributed by atoms with Crippen molar-refractivity contribution >= 4 is 16.9 Å². The zero-order valence-corrected chi connectivity index (χ0v) is 15.6. The summed E-state index contributed by atoms with van der Waals surface area (Å²) in [6.07, 6.45) is 1.24. The van der Waals surface area contributed by atoms with Gasteiger partial charge in [0.1, 0.15) is 5.58 Å². The predicted molar refractivity (Wildman–Crippen MR) is 99.7 cm³/mol. The number of piperidine rings is 1. The van der Waals surface area contributed by atoms with E-state index in [2.05, 4.69) is 5.32 Å². The number of nitrogens with zero attached hydrogens (tertiary/aromatic N) is 1. The fourth-order valence-electron chi connectivity index (χ4n) is 3.79. The number of aliphatic hydroxyl groups is 1. The number of likely N-dealkylation sites (N-methyl/N-ethyl adjacent to an activating group) is 1. The highest BCUT2D eigenvalue weighted by molar-refractivity contribution is 5.96. The van der Waals surface area contributed by atoms with Crippen LogP contribution in [0.4, 0.5) is 0 Å². The molecule has 1 atom stereocenters. The first kappa shape index (κ1) is 18.4. The Balaban J connectivity index is 1.51. The number of carbonyl (C=O) groups is 1. The third kappa shape index (κ3) is 3.87. The number of carbonyl (C=O) groups excluding carboxylic acids is 1. The molecule has 7 nitrogen and oxygen atoms in total. The van der Waals surface area contributed by atoms with Crippen molar-refractivity contribution in [1.29, 1.82) is 0 Å². The minimum Gasteiger partial charge on any atom is -0.451 e. The predicted octanol–water partition coefficient (Wildman–Crippen LogP) is 1.49. The molecule has 4 rings (SSSR count). The summed E-state index contributed by atoms with van der Waals surface area (Å²) in [5.74, 6) is 0.0983. The molecule has 2 N–H and O–H groups in total. The molecule has 1 amide bonds. The molecule has 3 heterocycles. The van der Waals surface area contributed by atoms with E-state index in [0.29, 0.717) is 50.6 Å². The summed E-state index contributed by atoms with van der Waals surface area (Å²) < 4.78 is 16.7. The minimum absolute atomic E-state index is 0.113. The van der Waals surface area contributed by atoms with Gasteiger partial charge in [-0.1, -0.05) is 6.07 Å². The maximum absolute atomic E-state index is 12.7. The molecule has 2 aliphatic rings. The number of furan rings is 1. The van der Waals surface area contributed by atoms with Crippen LogP contribution in [0.25, 0.3) is 11.0 Å². The van der Waals surface area contributed by atoms with Crippen LogP contribution in [0.15, 0.2) is 28.7 Å². The number of amides is 1. The van der Waals surface area contributed by atoms with E-state index < -0.39 is 5.60 Å². The van der Waals surface area contributed by atoms with Gasteiger partial charge in [0.05, 0.1) is 31.5 Å². The summed E-state index contributed by atoms with van der Waals surface area (Å²) >= 11 is 0. The van der Waals surface area contributed by atoms with E-state index in [0.717, 1.165) is 24.0 Å². The van der Waals surface area contributed by atoms with E-state index >= 15 is 0 Å². The lowest BCUT2D eigenvalue weighted by molar-refractivity contribution is -0.0934. The van der Waals surface area contributed by atoms with E-state index in [4.69, 9.17) is 13.9 Å². The number of nitrogens with one attached hydrogen (secondary N) is 1. The monoisotopic (exact) mass is 374 g/mol. The number of hydrogen-bond donors (Lipinski definition) is 2. The largest absolute Gasteiger partial charge is 0.451 e. The topological polar surface area (TPSA) is 84.2 Å². The van der Waals surface area contributed by atoms with E-state index in [-0.39, 0.29) is 12.0 Å². The maximum atomic E-state index is 12.7. The average molecular weight is 374 g/mol. The Labute approximate surface area is 158 Å². The zero-order chi connectivity index (χ0) is 18.9. The Morgan fingerprint density at radius 2 is 2.11 bits per heavy atom. The molecule has 1 aromatic heterocycles. The maximum Gasteiger partial charge on any atom is 0.289 e. The molecule has 146 valence electrons. The Kier molecular flexibility index (Phi) is 5.19. The highest BCUT2D eigenvalue weighted by Gasteiger charge is 2.31. The van der Waals surface area contributed by atoms with Crippen molar-refractivity contribution in [2.24, 2.45) is 0 Å². The Bertz CT molecular complexity index is 806.